The van der Waals surface area contributed by atoms with Crippen molar-refractivity contribution in [1.29, 1.82) is 0 Å². The zero-order valence-corrected chi connectivity index (χ0v) is 19.7. The molecule has 172 valence electrons. The van der Waals surface area contributed by atoms with E-state index in [0.29, 0.717) is 23.4 Å². The summed E-state index contributed by atoms with van der Waals surface area (Å²) < 4.78 is 0. The summed E-state index contributed by atoms with van der Waals surface area (Å²) in [5, 5.41) is 2.84. The molecule has 2 aliphatic rings. The zero-order valence-electron chi connectivity index (χ0n) is 18.9. The Balaban J connectivity index is 1.51. The smallest absolute Gasteiger partial charge is 0.283 e. The second-order valence-electron chi connectivity index (χ2n) is 8.38. The van der Waals surface area contributed by atoms with Gasteiger partial charge in [0.25, 0.3) is 17.7 Å². The highest BCUT2D eigenvalue weighted by Crippen LogP contribution is 2.32. The number of benzene rings is 2. The van der Waals surface area contributed by atoms with Gasteiger partial charge in [0.15, 0.2) is 0 Å². The predicted octanol–water partition coefficient (Wildman–Crippen LogP) is 5.09. The Kier molecular flexibility index (Phi) is 6.84. The van der Waals surface area contributed by atoms with Crippen molar-refractivity contribution in [3.63, 3.8) is 0 Å². The first-order valence-corrected chi connectivity index (χ1v) is 11.9. The van der Waals surface area contributed by atoms with Crippen molar-refractivity contribution in [2.45, 2.75) is 52.0 Å². The Morgan fingerprint density at radius 2 is 1.76 bits per heavy atom. The number of likely N-dealkylation sites (tertiary alicyclic amines) is 1. The van der Waals surface area contributed by atoms with Gasteiger partial charge in [-0.1, -0.05) is 43.6 Å². The predicted molar refractivity (Wildman–Crippen MR) is 130 cm³/mol. The maximum absolute atomic E-state index is 13.1. The molecular weight excluding hydrogens is 438 g/mol. The van der Waals surface area contributed by atoms with Crippen molar-refractivity contribution < 1.29 is 14.4 Å². The molecule has 4 rings (SSSR count). The Bertz CT molecular complexity index is 1110. The number of carbonyl (C=O) groups excluding carboxylic acids is 3. The molecule has 6 nitrogen and oxygen atoms in total. The van der Waals surface area contributed by atoms with Crippen LogP contribution in [-0.2, 0) is 16.0 Å². The standard InChI is InChI=1S/C26H28ClN3O3/c1-3-17-9-5-6-11-21(17)30-25(32)22(27)23(26(30)33)28-19-14-12-18(13-15-19)24(31)29-16-8-7-10-20(29)4-2/h5-6,9,11-15,20,28H,3-4,7-8,10,16H2,1-2H3. The third kappa shape index (κ3) is 4.40. The van der Waals surface area contributed by atoms with Gasteiger partial charge in [-0.2, -0.15) is 0 Å². The van der Waals surface area contributed by atoms with Crippen LogP contribution in [0.2, 0.25) is 0 Å². The van der Waals surface area contributed by atoms with E-state index in [4.69, 9.17) is 11.6 Å². The van der Waals surface area contributed by atoms with E-state index in [0.717, 1.165) is 42.7 Å². The largest absolute Gasteiger partial charge is 0.350 e. The van der Waals surface area contributed by atoms with E-state index in [9.17, 15) is 14.4 Å². The summed E-state index contributed by atoms with van der Waals surface area (Å²) in [5.74, 6) is -1.02. The summed E-state index contributed by atoms with van der Waals surface area (Å²) in [6.45, 7) is 4.86. The molecule has 33 heavy (non-hydrogen) atoms. The van der Waals surface area contributed by atoms with Gasteiger partial charge < -0.3 is 10.2 Å². The van der Waals surface area contributed by atoms with E-state index in [-0.39, 0.29) is 22.7 Å². The van der Waals surface area contributed by atoms with E-state index < -0.39 is 11.8 Å². The topological polar surface area (TPSA) is 69.7 Å². The number of hydrogen-bond donors (Lipinski definition) is 1. The lowest BCUT2D eigenvalue weighted by Crippen LogP contribution is -2.43. The third-order valence-electron chi connectivity index (χ3n) is 6.40. The normalized spacial score (nSPS) is 18.8. The number of para-hydroxylation sites is 1. The minimum absolute atomic E-state index is 0.0276. The Morgan fingerprint density at radius 3 is 2.45 bits per heavy atom. The van der Waals surface area contributed by atoms with Gasteiger partial charge in [-0.3, -0.25) is 14.4 Å². The summed E-state index contributed by atoms with van der Waals surface area (Å²) in [6, 6.07) is 14.5. The second-order valence-corrected chi connectivity index (χ2v) is 8.75. The molecule has 3 amide bonds. The number of piperidine rings is 1. The molecule has 2 aromatic carbocycles. The number of anilines is 2. The first-order chi connectivity index (χ1) is 16.0. The molecule has 7 heteroatoms. The monoisotopic (exact) mass is 465 g/mol. The fourth-order valence-corrected chi connectivity index (χ4v) is 4.77. The van der Waals surface area contributed by atoms with E-state index in [1.54, 1.807) is 36.4 Å². The summed E-state index contributed by atoms with van der Waals surface area (Å²) in [5.41, 5.74) is 2.65. The Hall–Kier alpha value is -3.12. The van der Waals surface area contributed by atoms with Gasteiger partial charge in [-0.05, 0) is 68.0 Å². The lowest BCUT2D eigenvalue weighted by Gasteiger charge is -2.35. The molecule has 0 saturated carbocycles. The summed E-state index contributed by atoms with van der Waals surface area (Å²) in [4.78, 5) is 42.0. The van der Waals surface area contributed by atoms with Crippen molar-refractivity contribution >= 4 is 40.7 Å². The number of nitrogens with zero attached hydrogens (tertiary/aromatic N) is 2. The molecule has 0 radical (unpaired) electrons. The Morgan fingerprint density at radius 1 is 1.03 bits per heavy atom. The fourth-order valence-electron chi connectivity index (χ4n) is 4.56. The maximum atomic E-state index is 13.1. The van der Waals surface area contributed by atoms with Crippen molar-refractivity contribution in [3.8, 4) is 0 Å². The molecule has 2 aromatic rings. The van der Waals surface area contributed by atoms with Crippen molar-refractivity contribution in [2.75, 3.05) is 16.8 Å². The number of hydrogen-bond acceptors (Lipinski definition) is 4. The van der Waals surface area contributed by atoms with Crippen LogP contribution in [0.4, 0.5) is 11.4 Å². The molecule has 0 aromatic heterocycles. The fraction of sp³-hybridized carbons (Fsp3) is 0.346. The molecular formula is C26H28ClN3O3. The minimum atomic E-state index is -0.549. The molecule has 1 saturated heterocycles. The first-order valence-electron chi connectivity index (χ1n) is 11.5. The Labute approximate surface area is 199 Å². The highest BCUT2D eigenvalue weighted by Gasteiger charge is 2.39. The number of aryl methyl sites for hydroxylation is 1. The van der Waals surface area contributed by atoms with Crippen LogP contribution in [0.3, 0.4) is 0 Å². The lowest BCUT2D eigenvalue weighted by atomic mass is 9.99. The van der Waals surface area contributed by atoms with Crippen LogP contribution in [0.15, 0.2) is 59.3 Å². The second kappa shape index (κ2) is 9.79. The third-order valence-corrected chi connectivity index (χ3v) is 6.75. The maximum Gasteiger partial charge on any atom is 0.283 e. The number of imide groups is 1. The average Bonchev–Trinajstić information content (AvgIpc) is 3.06. The molecule has 1 fully saturated rings. The number of rotatable bonds is 6. The van der Waals surface area contributed by atoms with Crippen LogP contribution in [0.1, 0.15) is 55.5 Å². The quantitative estimate of drug-likeness (QED) is 0.603. The highest BCUT2D eigenvalue weighted by atomic mass is 35.5. The molecule has 2 aliphatic heterocycles. The number of nitrogens with one attached hydrogen (secondary N) is 1. The molecule has 1 N–H and O–H groups in total. The lowest BCUT2D eigenvalue weighted by molar-refractivity contribution is -0.120. The van der Waals surface area contributed by atoms with Crippen LogP contribution in [-0.4, -0.2) is 35.2 Å². The molecule has 0 aliphatic carbocycles. The number of amides is 3. The molecule has 0 bridgehead atoms. The van der Waals surface area contributed by atoms with Gasteiger partial charge in [0.05, 0.1) is 5.69 Å². The van der Waals surface area contributed by atoms with Crippen molar-refractivity contribution in [2.24, 2.45) is 0 Å². The van der Waals surface area contributed by atoms with Crippen LogP contribution < -0.4 is 10.2 Å². The summed E-state index contributed by atoms with van der Waals surface area (Å²) in [7, 11) is 0. The highest BCUT2D eigenvalue weighted by molar-refractivity contribution is 6.53. The van der Waals surface area contributed by atoms with Crippen LogP contribution in [0, 0.1) is 0 Å². The van der Waals surface area contributed by atoms with Gasteiger partial charge in [0, 0.05) is 23.8 Å². The van der Waals surface area contributed by atoms with Gasteiger partial charge in [0.1, 0.15) is 10.7 Å². The van der Waals surface area contributed by atoms with Crippen LogP contribution >= 0.6 is 11.6 Å². The van der Waals surface area contributed by atoms with E-state index >= 15 is 0 Å². The van der Waals surface area contributed by atoms with E-state index in [2.05, 4.69) is 12.2 Å². The first kappa shape index (κ1) is 23.1. The molecule has 1 atom stereocenters. The average molecular weight is 466 g/mol. The minimum Gasteiger partial charge on any atom is -0.350 e. The van der Waals surface area contributed by atoms with E-state index in [1.165, 1.54) is 0 Å². The SMILES string of the molecule is CCc1ccccc1N1C(=O)C(Cl)=C(Nc2ccc(C(=O)N3CCCCC3CC)cc2)C1=O. The molecule has 1 unspecified atom stereocenters. The molecule has 0 spiro atoms. The van der Waals surface area contributed by atoms with Crippen molar-refractivity contribution in [3.05, 3.63) is 70.4 Å². The van der Waals surface area contributed by atoms with Gasteiger partial charge >= 0.3 is 0 Å². The molecule has 2 heterocycles. The van der Waals surface area contributed by atoms with Gasteiger partial charge in [-0.15, -0.1) is 0 Å². The van der Waals surface area contributed by atoms with E-state index in [1.807, 2.05) is 24.0 Å². The van der Waals surface area contributed by atoms with Crippen LogP contribution in [0.5, 0.6) is 0 Å². The number of halogens is 1. The van der Waals surface area contributed by atoms with Gasteiger partial charge in [-0.25, -0.2) is 4.90 Å². The summed E-state index contributed by atoms with van der Waals surface area (Å²) in [6.07, 6.45) is 4.86. The number of carbonyl (C=O) groups is 3. The van der Waals surface area contributed by atoms with Crippen LogP contribution in [0.25, 0.3) is 0 Å². The van der Waals surface area contributed by atoms with Gasteiger partial charge in [0.2, 0.25) is 0 Å². The summed E-state index contributed by atoms with van der Waals surface area (Å²) >= 11 is 6.27. The van der Waals surface area contributed by atoms with Crippen molar-refractivity contribution in [1.82, 2.24) is 4.90 Å². The zero-order chi connectivity index (χ0) is 23.5.